The number of furan rings is 1. The minimum atomic E-state index is 0.0859. The molecule has 0 unspecified atom stereocenters. The summed E-state index contributed by atoms with van der Waals surface area (Å²) >= 11 is 1.69. The van der Waals surface area contributed by atoms with Crippen molar-refractivity contribution in [3.63, 3.8) is 0 Å². The summed E-state index contributed by atoms with van der Waals surface area (Å²) in [5.74, 6) is 1.19. The number of aryl methyl sites for hydroxylation is 1. The standard InChI is InChI=1S/C22H25NO2S/c1-16-8-10-19(11-9-16)20(21-6-4-14-25-21)12-13-23(18(3)24)17(2)22-7-5-15-26-22/h4-11,14-15,17,20H,12-13H2,1-3H3/t17-,20+/m0/s1. The largest absolute Gasteiger partial charge is 0.469 e. The smallest absolute Gasteiger partial charge is 0.219 e. The van der Waals surface area contributed by atoms with Gasteiger partial charge in [-0.05, 0) is 49.4 Å². The maximum absolute atomic E-state index is 12.3. The summed E-state index contributed by atoms with van der Waals surface area (Å²) in [6.07, 6.45) is 2.54. The first-order valence-corrected chi connectivity index (χ1v) is 9.85. The molecule has 26 heavy (non-hydrogen) atoms. The van der Waals surface area contributed by atoms with Crippen molar-refractivity contribution in [2.75, 3.05) is 6.54 Å². The van der Waals surface area contributed by atoms with E-state index in [1.54, 1.807) is 24.5 Å². The van der Waals surface area contributed by atoms with Crippen molar-refractivity contribution in [2.45, 2.75) is 39.2 Å². The molecule has 3 nitrogen and oxygen atoms in total. The second-order valence-electron chi connectivity index (χ2n) is 6.67. The molecule has 2 aromatic heterocycles. The highest BCUT2D eigenvalue weighted by Crippen LogP contribution is 2.31. The summed E-state index contributed by atoms with van der Waals surface area (Å²) in [5.41, 5.74) is 2.46. The Morgan fingerprint density at radius 1 is 1.15 bits per heavy atom. The zero-order valence-corrected chi connectivity index (χ0v) is 16.3. The van der Waals surface area contributed by atoms with Crippen LogP contribution in [0, 0.1) is 6.92 Å². The second kappa shape index (κ2) is 8.37. The van der Waals surface area contributed by atoms with E-state index in [0.717, 1.165) is 12.2 Å². The van der Waals surface area contributed by atoms with E-state index in [9.17, 15) is 4.79 Å². The number of hydrogen-bond donors (Lipinski definition) is 0. The number of nitrogens with zero attached hydrogens (tertiary/aromatic N) is 1. The van der Waals surface area contributed by atoms with Gasteiger partial charge in [0.05, 0.1) is 12.3 Å². The Bertz CT molecular complexity index is 806. The zero-order chi connectivity index (χ0) is 18.5. The molecule has 136 valence electrons. The maximum Gasteiger partial charge on any atom is 0.219 e. The van der Waals surface area contributed by atoms with Gasteiger partial charge >= 0.3 is 0 Å². The van der Waals surface area contributed by atoms with Crippen LogP contribution in [0.15, 0.2) is 64.6 Å². The monoisotopic (exact) mass is 367 g/mol. The lowest BCUT2D eigenvalue weighted by molar-refractivity contribution is -0.131. The maximum atomic E-state index is 12.3. The number of thiophene rings is 1. The number of benzene rings is 1. The Morgan fingerprint density at radius 3 is 2.50 bits per heavy atom. The van der Waals surface area contributed by atoms with Gasteiger partial charge < -0.3 is 9.32 Å². The van der Waals surface area contributed by atoms with Crippen LogP contribution < -0.4 is 0 Å². The van der Waals surface area contributed by atoms with E-state index in [4.69, 9.17) is 4.42 Å². The quantitative estimate of drug-likeness (QED) is 0.530. The third kappa shape index (κ3) is 4.25. The molecule has 1 amide bonds. The van der Waals surface area contributed by atoms with Crippen LogP contribution in [0.25, 0.3) is 0 Å². The van der Waals surface area contributed by atoms with Crippen molar-refractivity contribution < 1.29 is 9.21 Å². The first kappa shape index (κ1) is 18.5. The number of amides is 1. The Kier molecular flexibility index (Phi) is 5.94. The zero-order valence-electron chi connectivity index (χ0n) is 15.5. The van der Waals surface area contributed by atoms with Gasteiger partial charge in [0.1, 0.15) is 5.76 Å². The van der Waals surface area contributed by atoms with Gasteiger partial charge in [0.2, 0.25) is 5.91 Å². The number of carbonyl (C=O) groups is 1. The van der Waals surface area contributed by atoms with Crippen molar-refractivity contribution >= 4 is 17.2 Å². The van der Waals surface area contributed by atoms with Crippen molar-refractivity contribution in [3.05, 3.63) is 81.9 Å². The molecule has 3 rings (SSSR count). The van der Waals surface area contributed by atoms with Gasteiger partial charge in [0.25, 0.3) is 0 Å². The van der Waals surface area contributed by atoms with Gasteiger partial charge in [0.15, 0.2) is 0 Å². The molecule has 0 aliphatic rings. The van der Waals surface area contributed by atoms with E-state index < -0.39 is 0 Å². The summed E-state index contributed by atoms with van der Waals surface area (Å²) in [7, 11) is 0. The van der Waals surface area contributed by atoms with Crippen LogP contribution in [0.4, 0.5) is 0 Å². The Morgan fingerprint density at radius 2 is 1.92 bits per heavy atom. The minimum Gasteiger partial charge on any atom is -0.469 e. The van der Waals surface area contributed by atoms with Crippen LogP contribution in [-0.2, 0) is 4.79 Å². The van der Waals surface area contributed by atoms with Crippen LogP contribution in [0.3, 0.4) is 0 Å². The SMILES string of the molecule is CC(=O)N(CC[C@H](c1ccc(C)cc1)c1ccco1)[C@@H](C)c1cccs1. The summed E-state index contributed by atoms with van der Waals surface area (Å²) in [6.45, 7) is 6.53. The van der Waals surface area contributed by atoms with E-state index >= 15 is 0 Å². The first-order valence-electron chi connectivity index (χ1n) is 8.97. The summed E-state index contributed by atoms with van der Waals surface area (Å²) in [6, 6.07) is 16.7. The fourth-order valence-electron chi connectivity index (χ4n) is 3.34. The van der Waals surface area contributed by atoms with Gasteiger partial charge in [-0.2, -0.15) is 0 Å². The highest BCUT2D eigenvalue weighted by atomic mass is 32.1. The molecule has 0 spiro atoms. The van der Waals surface area contributed by atoms with Gasteiger partial charge in [-0.25, -0.2) is 0 Å². The van der Waals surface area contributed by atoms with Crippen LogP contribution >= 0.6 is 11.3 Å². The average molecular weight is 368 g/mol. The lowest BCUT2D eigenvalue weighted by Crippen LogP contribution is -2.33. The number of carbonyl (C=O) groups excluding carboxylic acids is 1. The van der Waals surface area contributed by atoms with E-state index in [0.29, 0.717) is 6.54 Å². The summed E-state index contributed by atoms with van der Waals surface area (Å²) in [5, 5.41) is 2.06. The lowest BCUT2D eigenvalue weighted by Gasteiger charge is -2.29. The molecule has 4 heteroatoms. The number of hydrogen-bond acceptors (Lipinski definition) is 3. The average Bonchev–Trinajstić information content (AvgIpc) is 3.32. The van der Waals surface area contributed by atoms with Crippen molar-refractivity contribution in [3.8, 4) is 0 Å². The Balaban J connectivity index is 1.79. The third-order valence-electron chi connectivity index (χ3n) is 4.85. The molecule has 0 saturated carbocycles. The van der Waals surface area contributed by atoms with E-state index in [2.05, 4.69) is 49.6 Å². The predicted octanol–water partition coefficient (Wildman–Crippen LogP) is 5.78. The summed E-state index contributed by atoms with van der Waals surface area (Å²) in [4.78, 5) is 15.4. The van der Waals surface area contributed by atoms with E-state index in [1.807, 2.05) is 23.1 Å². The molecule has 0 aliphatic carbocycles. The molecule has 0 N–H and O–H groups in total. The highest BCUT2D eigenvalue weighted by molar-refractivity contribution is 7.10. The topological polar surface area (TPSA) is 33.5 Å². The van der Waals surface area contributed by atoms with Crippen LogP contribution in [0.5, 0.6) is 0 Å². The minimum absolute atomic E-state index is 0.0859. The van der Waals surface area contributed by atoms with Crippen LogP contribution in [0.2, 0.25) is 0 Å². The Hall–Kier alpha value is -2.33. The number of rotatable bonds is 7. The molecule has 0 aliphatic heterocycles. The molecule has 2 heterocycles. The van der Waals surface area contributed by atoms with Gasteiger partial charge in [-0.15, -0.1) is 11.3 Å². The molecule has 0 radical (unpaired) electrons. The van der Waals surface area contributed by atoms with Crippen molar-refractivity contribution in [1.29, 1.82) is 0 Å². The molecule has 3 aromatic rings. The van der Waals surface area contributed by atoms with Crippen LogP contribution in [0.1, 0.15) is 54.0 Å². The predicted molar refractivity (Wildman–Crippen MR) is 106 cm³/mol. The summed E-state index contributed by atoms with van der Waals surface area (Å²) < 4.78 is 5.70. The fourth-order valence-corrected chi connectivity index (χ4v) is 4.13. The normalized spacial score (nSPS) is 13.3. The van der Waals surface area contributed by atoms with Gasteiger partial charge in [-0.3, -0.25) is 4.79 Å². The van der Waals surface area contributed by atoms with Crippen LogP contribution in [-0.4, -0.2) is 17.4 Å². The third-order valence-corrected chi connectivity index (χ3v) is 5.89. The second-order valence-corrected chi connectivity index (χ2v) is 7.65. The van der Waals surface area contributed by atoms with Crippen molar-refractivity contribution in [2.24, 2.45) is 0 Å². The molecule has 1 aromatic carbocycles. The molecule has 0 saturated heterocycles. The van der Waals surface area contributed by atoms with E-state index in [-0.39, 0.29) is 17.9 Å². The van der Waals surface area contributed by atoms with Gasteiger partial charge in [0, 0.05) is 24.3 Å². The molecule has 0 fully saturated rings. The molecular formula is C22H25NO2S. The molecule has 0 bridgehead atoms. The van der Waals surface area contributed by atoms with Crippen molar-refractivity contribution in [1.82, 2.24) is 4.90 Å². The molecular weight excluding hydrogens is 342 g/mol. The van der Waals surface area contributed by atoms with E-state index in [1.165, 1.54) is 16.0 Å². The lowest BCUT2D eigenvalue weighted by atomic mass is 9.92. The first-order chi connectivity index (χ1) is 12.6. The highest BCUT2D eigenvalue weighted by Gasteiger charge is 2.23. The fraction of sp³-hybridized carbons (Fsp3) is 0.318. The molecule has 2 atom stereocenters. The van der Waals surface area contributed by atoms with Gasteiger partial charge in [-0.1, -0.05) is 35.9 Å². The Labute approximate surface area is 159 Å².